The molecule has 2 aromatic rings. The molecule has 1 unspecified atom stereocenters. The van der Waals surface area contributed by atoms with E-state index in [0.29, 0.717) is 5.56 Å². The summed E-state index contributed by atoms with van der Waals surface area (Å²) in [4.78, 5) is 36.1. The van der Waals surface area contributed by atoms with Gasteiger partial charge in [0.05, 0.1) is 5.57 Å². The van der Waals surface area contributed by atoms with Crippen LogP contribution in [0.3, 0.4) is 0 Å². The fourth-order valence-corrected chi connectivity index (χ4v) is 2.58. The Morgan fingerprint density at radius 3 is 1.83 bits per heavy atom. The van der Waals surface area contributed by atoms with Gasteiger partial charge in [-0.15, -0.1) is 0 Å². The van der Waals surface area contributed by atoms with E-state index < -0.39 is 35.1 Å². The fraction of sp³-hybridized carbons (Fsp3) is 0.105. The van der Waals surface area contributed by atoms with Gasteiger partial charge >= 0.3 is 11.9 Å². The summed E-state index contributed by atoms with van der Waals surface area (Å²) in [6, 6.07) is 16.0. The van der Waals surface area contributed by atoms with Crippen molar-refractivity contribution in [3.63, 3.8) is 0 Å². The van der Waals surface area contributed by atoms with E-state index in [1.165, 1.54) is 12.1 Å². The highest BCUT2D eigenvalue weighted by molar-refractivity contribution is 6.06. The highest BCUT2D eigenvalue weighted by atomic mass is 16.4. The first-order chi connectivity index (χ1) is 11.4. The van der Waals surface area contributed by atoms with Gasteiger partial charge in [0.2, 0.25) is 0 Å². The Labute approximate surface area is 138 Å². The summed E-state index contributed by atoms with van der Waals surface area (Å²) < 4.78 is 0. The third kappa shape index (κ3) is 3.10. The van der Waals surface area contributed by atoms with Gasteiger partial charge in [0, 0.05) is 12.0 Å². The zero-order chi connectivity index (χ0) is 17.7. The quantitative estimate of drug-likeness (QED) is 0.603. The second-order valence-electron chi connectivity index (χ2n) is 5.33. The topological polar surface area (TPSA) is 91.7 Å². The summed E-state index contributed by atoms with van der Waals surface area (Å²) in [6.45, 7) is 3.44. The molecule has 0 saturated heterocycles. The van der Waals surface area contributed by atoms with Crippen LogP contribution in [0.4, 0.5) is 0 Å². The number of carbonyl (C=O) groups excluding carboxylic acids is 1. The average molecular weight is 324 g/mol. The molecule has 0 bridgehead atoms. The summed E-state index contributed by atoms with van der Waals surface area (Å²) in [7, 11) is 0. The first kappa shape index (κ1) is 17.1. The minimum Gasteiger partial charge on any atom is -0.480 e. The highest BCUT2D eigenvalue weighted by Crippen LogP contribution is 2.37. The van der Waals surface area contributed by atoms with E-state index in [1.54, 1.807) is 48.5 Å². The molecular formula is C19H16O5. The van der Waals surface area contributed by atoms with Gasteiger partial charge in [0.1, 0.15) is 5.41 Å². The van der Waals surface area contributed by atoms with Crippen LogP contribution in [0.5, 0.6) is 0 Å². The number of carboxylic acids is 2. The van der Waals surface area contributed by atoms with Crippen LogP contribution >= 0.6 is 0 Å². The highest BCUT2D eigenvalue weighted by Gasteiger charge is 2.47. The lowest BCUT2D eigenvalue weighted by Crippen LogP contribution is -2.42. The zero-order valence-corrected chi connectivity index (χ0v) is 12.8. The molecule has 0 radical (unpaired) electrons. The lowest BCUT2D eigenvalue weighted by Gasteiger charge is -2.29. The number of hydrogen-bond donors (Lipinski definition) is 2. The summed E-state index contributed by atoms with van der Waals surface area (Å²) in [6.07, 6.45) is -0.526. The lowest BCUT2D eigenvalue weighted by atomic mass is 9.70. The number of aliphatic carboxylic acids is 2. The van der Waals surface area contributed by atoms with Gasteiger partial charge in [0.15, 0.2) is 5.78 Å². The molecule has 0 aliphatic rings. The van der Waals surface area contributed by atoms with Crippen molar-refractivity contribution in [2.24, 2.45) is 0 Å². The third-order valence-corrected chi connectivity index (χ3v) is 3.93. The van der Waals surface area contributed by atoms with Crippen LogP contribution in [0.1, 0.15) is 22.3 Å². The Hall–Kier alpha value is -3.21. The van der Waals surface area contributed by atoms with E-state index in [0.717, 1.165) is 0 Å². The average Bonchev–Trinajstić information content (AvgIpc) is 2.60. The normalized spacial score (nSPS) is 12.8. The van der Waals surface area contributed by atoms with Crippen LogP contribution in [0, 0.1) is 0 Å². The number of ketones is 1. The van der Waals surface area contributed by atoms with Gasteiger partial charge in [0.25, 0.3) is 0 Å². The molecular weight excluding hydrogens is 308 g/mol. The lowest BCUT2D eigenvalue weighted by molar-refractivity contribution is -0.145. The molecule has 2 rings (SSSR count). The first-order valence-corrected chi connectivity index (χ1v) is 7.19. The van der Waals surface area contributed by atoms with Crippen LogP contribution in [0.2, 0.25) is 0 Å². The summed E-state index contributed by atoms with van der Waals surface area (Å²) in [5, 5.41) is 19.2. The Kier molecular flexibility index (Phi) is 4.94. The molecule has 2 N–H and O–H groups in total. The van der Waals surface area contributed by atoms with Gasteiger partial charge in [-0.1, -0.05) is 67.2 Å². The van der Waals surface area contributed by atoms with Gasteiger partial charge in [-0.25, -0.2) is 4.79 Å². The largest absolute Gasteiger partial charge is 0.480 e. The molecule has 24 heavy (non-hydrogen) atoms. The molecule has 2 aromatic carbocycles. The van der Waals surface area contributed by atoms with Gasteiger partial charge in [-0.3, -0.25) is 9.59 Å². The molecule has 5 nitrogen and oxygen atoms in total. The Balaban J connectivity index is 2.58. The van der Waals surface area contributed by atoms with E-state index in [2.05, 4.69) is 6.58 Å². The second-order valence-corrected chi connectivity index (χ2v) is 5.33. The smallest absolute Gasteiger partial charge is 0.332 e. The molecule has 1 atom stereocenters. The molecule has 5 heteroatoms. The number of benzene rings is 2. The number of Topliss-reactive ketones (excluding diaryl/α,β-unsaturated/α-hetero) is 1. The molecule has 0 amide bonds. The van der Waals surface area contributed by atoms with E-state index >= 15 is 0 Å². The summed E-state index contributed by atoms with van der Waals surface area (Å²) in [5.74, 6) is -3.35. The SMILES string of the molecule is C=C(C(=O)O)C(CC(=O)c1ccccc1)(C(=O)O)c1ccccc1. The van der Waals surface area contributed by atoms with Crippen molar-refractivity contribution >= 4 is 17.7 Å². The number of carboxylic acid groups (broad SMARTS) is 2. The van der Waals surface area contributed by atoms with E-state index in [1.807, 2.05) is 0 Å². The number of carbonyl (C=O) groups is 3. The third-order valence-electron chi connectivity index (χ3n) is 3.93. The zero-order valence-electron chi connectivity index (χ0n) is 12.8. The molecule has 0 spiro atoms. The molecule has 122 valence electrons. The van der Waals surface area contributed by atoms with Crippen molar-refractivity contribution in [3.8, 4) is 0 Å². The minimum atomic E-state index is -2.03. The van der Waals surface area contributed by atoms with Gasteiger partial charge < -0.3 is 10.2 Å². The van der Waals surface area contributed by atoms with Crippen LogP contribution < -0.4 is 0 Å². The van der Waals surface area contributed by atoms with Crippen molar-refractivity contribution in [2.75, 3.05) is 0 Å². The van der Waals surface area contributed by atoms with Gasteiger partial charge in [-0.2, -0.15) is 0 Å². The van der Waals surface area contributed by atoms with Crippen molar-refractivity contribution in [3.05, 3.63) is 83.9 Å². The van der Waals surface area contributed by atoms with Crippen LogP contribution in [-0.4, -0.2) is 27.9 Å². The first-order valence-electron chi connectivity index (χ1n) is 7.19. The Morgan fingerprint density at radius 2 is 1.38 bits per heavy atom. The maximum Gasteiger partial charge on any atom is 0.332 e. The summed E-state index contributed by atoms with van der Waals surface area (Å²) in [5.41, 5.74) is -2.06. The standard InChI is InChI=1S/C19H16O5/c1-13(17(21)22)19(18(23)24,15-10-6-3-7-11-15)12-16(20)14-8-4-2-5-9-14/h2-11H,1,12H2,(H,21,22)(H,23,24). The van der Waals surface area contributed by atoms with Crippen LogP contribution in [-0.2, 0) is 15.0 Å². The monoisotopic (exact) mass is 324 g/mol. The maximum atomic E-state index is 12.6. The van der Waals surface area contributed by atoms with E-state index in [4.69, 9.17) is 0 Å². The molecule has 0 heterocycles. The fourth-order valence-electron chi connectivity index (χ4n) is 2.58. The second kappa shape index (κ2) is 6.91. The van der Waals surface area contributed by atoms with Crippen LogP contribution in [0.25, 0.3) is 0 Å². The Bertz CT molecular complexity index is 780. The number of hydrogen-bond acceptors (Lipinski definition) is 3. The van der Waals surface area contributed by atoms with Crippen molar-refractivity contribution < 1.29 is 24.6 Å². The van der Waals surface area contributed by atoms with Crippen molar-refractivity contribution in [2.45, 2.75) is 11.8 Å². The van der Waals surface area contributed by atoms with E-state index in [9.17, 15) is 24.6 Å². The number of rotatable bonds is 7. The van der Waals surface area contributed by atoms with Crippen molar-refractivity contribution in [1.82, 2.24) is 0 Å². The van der Waals surface area contributed by atoms with Crippen molar-refractivity contribution in [1.29, 1.82) is 0 Å². The Morgan fingerprint density at radius 1 is 0.875 bits per heavy atom. The molecule has 0 aromatic heterocycles. The summed E-state index contributed by atoms with van der Waals surface area (Å²) >= 11 is 0. The predicted molar refractivity (Wildman–Crippen MR) is 87.9 cm³/mol. The maximum absolute atomic E-state index is 12.6. The molecule has 0 saturated carbocycles. The van der Waals surface area contributed by atoms with Gasteiger partial charge in [-0.05, 0) is 5.56 Å². The minimum absolute atomic E-state index is 0.203. The van der Waals surface area contributed by atoms with E-state index in [-0.39, 0.29) is 5.56 Å². The molecule has 0 fully saturated rings. The molecule has 0 aliphatic heterocycles. The van der Waals surface area contributed by atoms with Crippen LogP contribution in [0.15, 0.2) is 72.8 Å². The molecule has 0 aliphatic carbocycles. The predicted octanol–water partition coefficient (Wildman–Crippen LogP) is 2.92.